The number of carboxylic acids is 1. The Labute approximate surface area is 192 Å². The molecule has 4 N–H and O–H groups in total. The third-order valence-electron chi connectivity index (χ3n) is 5.63. The Morgan fingerprint density at radius 1 is 1.09 bits per heavy atom. The third-order valence-corrected chi connectivity index (χ3v) is 5.63. The highest BCUT2D eigenvalue weighted by molar-refractivity contribution is 6.43. The molecule has 2 aromatic carbocycles. The fraction of sp³-hybridized carbons (Fsp3) is 0.348. The summed E-state index contributed by atoms with van der Waals surface area (Å²) in [5.41, 5.74) is 1.95. The van der Waals surface area contributed by atoms with E-state index in [-0.39, 0.29) is 36.2 Å². The first kappa shape index (κ1) is 24.4. The average molecular weight is 454 g/mol. The first-order valence-corrected chi connectivity index (χ1v) is 10.8. The van der Waals surface area contributed by atoms with Crippen molar-refractivity contribution in [3.8, 4) is 5.75 Å². The Morgan fingerprint density at radius 3 is 2.36 bits per heavy atom. The molecule has 0 aliphatic carbocycles. The first-order valence-electron chi connectivity index (χ1n) is 10.8. The van der Waals surface area contributed by atoms with Crippen LogP contribution in [0.3, 0.4) is 0 Å². The predicted octanol–water partition coefficient (Wildman–Crippen LogP) is 0.798. The molecule has 0 unspecified atom stereocenters. The number of nitrogens with zero attached hydrogens (tertiary/aromatic N) is 1. The number of carbonyl (C=O) groups excluding carboxylic acids is 2. The maximum absolute atomic E-state index is 12.5. The second-order valence-corrected chi connectivity index (χ2v) is 8.08. The van der Waals surface area contributed by atoms with Crippen LogP contribution in [0.1, 0.15) is 39.9 Å². The zero-order valence-corrected chi connectivity index (χ0v) is 18.1. The fourth-order valence-electron chi connectivity index (χ4n) is 3.97. The smallest absolute Gasteiger partial charge is 0.475 e. The molecule has 0 bridgehead atoms. The molecule has 174 valence electrons. The maximum Gasteiger partial charge on any atom is 0.475 e. The van der Waals surface area contributed by atoms with Gasteiger partial charge in [0.2, 0.25) is 5.91 Å². The van der Waals surface area contributed by atoms with Gasteiger partial charge in [-0.25, -0.2) is 4.79 Å². The van der Waals surface area contributed by atoms with Crippen molar-refractivity contribution < 1.29 is 34.3 Å². The lowest BCUT2D eigenvalue weighted by molar-refractivity contribution is -0.121. The Balaban J connectivity index is 1.64. The normalized spacial score (nSPS) is 14.5. The second-order valence-electron chi connectivity index (χ2n) is 8.08. The van der Waals surface area contributed by atoms with Crippen LogP contribution in [0, 0.1) is 0 Å². The molecule has 2 aromatic rings. The van der Waals surface area contributed by atoms with Crippen LogP contribution in [0.4, 0.5) is 0 Å². The van der Waals surface area contributed by atoms with Gasteiger partial charge in [0, 0.05) is 6.54 Å². The van der Waals surface area contributed by atoms with Gasteiger partial charge in [-0.15, -0.1) is 0 Å². The van der Waals surface area contributed by atoms with Crippen molar-refractivity contribution >= 4 is 25.5 Å². The van der Waals surface area contributed by atoms with Gasteiger partial charge in [-0.3, -0.25) is 14.5 Å². The number of rotatable bonds is 11. The van der Waals surface area contributed by atoms with Crippen LogP contribution in [-0.2, 0) is 29.0 Å². The van der Waals surface area contributed by atoms with E-state index in [1.807, 2.05) is 24.3 Å². The van der Waals surface area contributed by atoms with Gasteiger partial charge >= 0.3 is 13.1 Å². The molecule has 0 spiro atoms. The Kier molecular flexibility index (Phi) is 8.59. The minimum Gasteiger partial charge on any atom is -0.478 e. The van der Waals surface area contributed by atoms with Crippen LogP contribution in [0.5, 0.6) is 5.75 Å². The van der Waals surface area contributed by atoms with Crippen molar-refractivity contribution in [2.45, 2.75) is 38.2 Å². The van der Waals surface area contributed by atoms with E-state index in [0.717, 1.165) is 25.2 Å². The second kappa shape index (κ2) is 11.6. The van der Waals surface area contributed by atoms with Crippen LogP contribution in [-0.4, -0.2) is 64.6 Å². The van der Waals surface area contributed by atoms with Gasteiger partial charge in [-0.1, -0.05) is 36.4 Å². The molecule has 1 heterocycles. The SMILES string of the molecule is O=COc1c(C[C@H](NC(=O)Cc2ccc(CN3CCCC3)cc2)B(O)O)cccc1C(=O)O. The van der Waals surface area contributed by atoms with E-state index >= 15 is 0 Å². The summed E-state index contributed by atoms with van der Waals surface area (Å²) in [6.45, 7) is 3.18. The summed E-state index contributed by atoms with van der Waals surface area (Å²) < 4.78 is 4.83. The number of aromatic carboxylic acids is 1. The minimum absolute atomic E-state index is 0.0417. The van der Waals surface area contributed by atoms with Gasteiger partial charge in [-0.2, -0.15) is 0 Å². The summed E-state index contributed by atoms with van der Waals surface area (Å²) in [7, 11) is -1.91. The summed E-state index contributed by atoms with van der Waals surface area (Å²) >= 11 is 0. The average Bonchev–Trinajstić information content (AvgIpc) is 3.28. The standard InChI is InChI=1S/C23H27BN2O7/c27-15-33-22-18(4-3-5-19(22)23(29)30)13-20(24(31)32)25-21(28)12-16-6-8-17(9-7-16)14-26-10-1-2-11-26/h3-9,15,20,31-32H,1-2,10-14H2,(H,25,28)(H,29,30)/t20-/m0/s1. The minimum atomic E-state index is -1.91. The Bertz CT molecular complexity index is 975. The number of hydrogen-bond acceptors (Lipinski definition) is 7. The first-order chi connectivity index (χ1) is 15.9. The number of para-hydroxylation sites is 1. The van der Waals surface area contributed by atoms with E-state index in [1.165, 1.54) is 36.6 Å². The van der Waals surface area contributed by atoms with Gasteiger partial charge < -0.3 is 25.2 Å². The number of carbonyl (C=O) groups is 3. The molecule has 0 radical (unpaired) electrons. The number of benzene rings is 2. The third kappa shape index (κ3) is 6.89. The van der Waals surface area contributed by atoms with E-state index in [9.17, 15) is 29.5 Å². The summed E-state index contributed by atoms with van der Waals surface area (Å²) in [4.78, 5) is 37.2. The molecule has 0 aromatic heterocycles. The molecule has 1 aliphatic heterocycles. The van der Waals surface area contributed by atoms with E-state index in [1.54, 1.807) is 0 Å². The lowest BCUT2D eigenvalue weighted by Crippen LogP contribution is -2.48. The van der Waals surface area contributed by atoms with E-state index in [2.05, 4.69) is 10.2 Å². The monoisotopic (exact) mass is 454 g/mol. The van der Waals surface area contributed by atoms with Crippen molar-refractivity contribution in [2.75, 3.05) is 13.1 Å². The van der Waals surface area contributed by atoms with Gasteiger partial charge in [0.15, 0.2) is 0 Å². The van der Waals surface area contributed by atoms with Crippen LogP contribution in [0.25, 0.3) is 0 Å². The van der Waals surface area contributed by atoms with Crippen LogP contribution >= 0.6 is 0 Å². The summed E-state index contributed by atoms with van der Waals surface area (Å²) in [5, 5.41) is 31.4. The quantitative estimate of drug-likeness (QED) is 0.289. The molecule has 1 fully saturated rings. The molecule has 9 nitrogen and oxygen atoms in total. The molecular weight excluding hydrogens is 427 g/mol. The molecule has 1 atom stereocenters. The van der Waals surface area contributed by atoms with Crippen molar-refractivity contribution in [2.24, 2.45) is 0 Å². The van der Waals surface area contributed by atoms with Crippen molar-refractivity contribution in [3.63, 3.8) is 0 Å². The highest BCUT2D eigenvalue weighted by atomic mass is 16.5. The Morgan fingerprint density at radius 2 is 1.76 bits per heavy atom. The number of amides is 1. The lowest BCUT2D eigenvalue weighted by atomic mass is 9.75. The maximum atomic E-state index is 12.5. The largest absolute Gasteiger partial charge is 0.478 e. The van der Waals surface area contributed by atoms with Crippen molar-refractivity contribution in [1.29, 1.82) is 0 Å². The molecular formula is C23H27BN2O7. The highest BCUT2D eigenvalue weighted by Gasteiger charge is 2.28. The molecule has 1 aliphatic rings. The molecule has 1 amide bonds. The molecule has 0 saturated carbocycles. The molecule has 33 heavy (non-hydrogen) atoms. The zero-order valence-electron chi connectivity index (χ0n) is 18.1. The highest BCUT2D eigenvalue weighted by Crippen LogP contribution is 2.25. The zero-order chi connectivity index (χ0) is 23.8. The van der Waals surface area contributed by atoms with Crippen LogP contribution in [0.2, 0.25) is 0 Å². The van der Waals surface area contributed by atoms with Crippen molar-refractivity contribution in [3.05, 3.63) is 64.7 Å². The molecule has 10 heteroatoms. The van der Waals surface area contributed by atoms with Crippen LogP contribution in [0.15, 0.2) is 42.5 Å². The number of carboxylic acid groups (broad SMARTS) is 1. The van der Waals surface area contributed by atoms with Gasteiger partial charge in [0.25, 0.3) is 6.47 Å². The summed E-state index contributed by atoms with van der Waals surface area (Å²) in [5.74, 6) is -3.06. The van der Waals surface area contributed by atoms with Gasteiger partial charge in [0.05, 0.1) is 12.4 Å². The number of hydrogen-bond donors (Lipinski definition) is 4. The summed E-state index contributed by atoms with van der Waals surface area (Å²) in [6.07, 6.45) is 2.33. The van der Waals surface area contributed by atoms with E-state index < -0.39 is 24.9 Å². The number of likely N-dealkylation sites (tertiary alicyclic amines) is 1. The fourth-order valence-corrected chi connectivity index (χ4v) is 3.97. The van der Waals surface area contributed by atoms with Crippen LogP contribution < -0.4 is 10.1 Å². The predicted molar refractivity (Wildman–Crippen MR) is 121 cm³/mol. The van der Waals surface area contributed by atoms with E-state index in [4.69, 9.17) is 4.74 Å². The van der Waals surface area contributed by atoms with Gasteiger partial charge in [0.1, 0.15) is 11.3 Å². The summed E-state index contributed by atoms with van der Waals surface area (Å²) in [6, 6.07) is 11.9. The lowest BCUT2D eigenvalue weighted by Gasteiger charge is -2.20. The topological polar surface area (TPSA) is 136 Å². The van der Waals surface area contributed by atoms with Crippen molar-refractivity contribution in [1.82, 2.24) is 10.2 Å². The molecule has 3 rings (SSSR count). The van der Waals surface area contributed by atoms with Gasteiger partial charge in [-0.05, 0) is 55.1 Å². The number of ether oxygens (including phenoxy) is 1. The molecule has 1 saturated heterocycles. The van der Waals surface area contributed by atoms with E-state index in [0.29, 0.717) is 0 Å². The number of nitrogens with one attached hydrogen (secondary N) is 1. The Hall–Kier alpha value is -3.21.